The quantitative estimate of drug-likeness (QED) is 0.751. The lowest BCUT2D eigenvalue weighted by Gasteiger charge is -2.26. The van der Waals surface area contributed by atoms with E-state index in [9.17, 15) is 18.0 Å². The van der Waals surface area contributed by atoms with Gasteiger partial charge in [0, 0.05) is 12.6 Å². The van der Waals surface area contributed by atoms with E-state index in [4.69, 9.17) is 4.74 Å². The topological polar surface area (TPSA) is 80.8 Å². The summed E-state index contributed by atoms with van der Waals surface area (Å²) in [6.45, 7) is 1.79. The number of ether oxygens (including phenoxy) is 1. The first kappa shape index (κ1) is 16.5. The van der Waals surface area contributed by atoms with Crippen LogP contribution in [0.15, 0.2) is 30.3 Å². The molecule has 1 aliphatic rings. The van der Waals surface area contributed by atoms with Crippen LogP contribution in [0.25, 0.3) is 0 Å². The molecular formula is C15H19NO5S. The minimum absolute atomic E-state index is 0.0147. The second-order valence-corrected chi connectivity index (χ2v) is 7.41. The lowest BCUT2D eigenvalue weighted by atomic mass is 10.2. The van der Waals surface area contributed by atoms with Crippen LogP contribution >= 0.6 is 0 Å². The van der Waals surface area contributed by atoms with Gasteiger partial charge in [-0.25, -0.2) is 13.2 Å². The number of benzene rings is 1. The van der Waals surface area contributed by atoms with E-state index >= 15 is 0 Å². The summed E-state index contributed by atoms with van der Waals surface area (Å²) in [5.74, 6) is -0.845. The van der Waals surface area contributed by atoms with Gasteiger partial charge >= 0.3 is 5.97 Å². The van der Waals surface area contributed by atoms with Gasteiger partial charge in [0.15, 0.2) is 16.4 Å². The fourth-order valence-corrected chi connectivity index (χ4v) is 4.26. The number of carbonyl (C=O) groups is 2. The molecule has 6 nitrogen and oxygen atoms in total. The summed E-state index contributed by atoms with van der Waals surface area (Å²) in [5.41, 5.74) is 0.377. The van der Waals surface area contributed by atoms with Crippen LogP contribution in [0.4, 0.5) is 0 Å². The van der Waals surface area contributed by atoms with Gasteiger partial charge in [-0.05, 0) is 25.5 Å². The molecule has 0 spiro atoms. The zero-order valence-electron chi connectivity index (χ0n) is 12.4. The summed E-state index contributed by atoms with van der Waals surface area (Å²) in [6, 6.07) is 8.08. The highest BCUT2D eigenvalue weighted by Crippen LogP contribution is 2.18. The highest BCUT2D eigenvalue weighted by molar-refractivity contribution is 7.91. The standard InChI is InChI=1S/C15H19NO5S/c1-2-16(13-8-9-22(19,20)11-13)14(17)10-21-15(18)12-6-4-3-5-7-12/h3-7,13H,2,8-11H2,1H3/t13-/m1/s1. The molecule has 1 fully saturated rings. The molecule has 22 heavy (non-hydrogen) atoms. The van der Waals surface area contributed by atoms with Gasteiger partial charge in [-0.1, -0.05) is 18.2 Å². The number of hydrogen-bond donors (Lipinski definition) is 0. The Kier molecular flexibility index (Phi) is 5.18. The van der Waals surface area contributed by atoms with E-state index in [1.807, 2.05) is 0 Å². The summed E-state index contributed by atoms with van der Waals surface area (Å²) < 4.78 is 28.0. The van der Waals surface area contributed by atoms with Crippen LogP contribution in [0.2, 0.25) is 0 Å². The molecule has 0 aromatic heterocycles. The third-order valence-corrected chi connectivity index (χ3v) is 5.40. The Morgan fingerprint density at radius 2 is 1.95 bits per heavy atom. The molecule has 1 heterocycles. The summed E-state index contributed by atoms with van der Waals surface area (Å²) >= 11 is 0. The van der Waals surface area contributed by atoms with Crippen LogP contribution in [-0.4, -0.2) is 55.9 Å². The number of esters is 1. The molecule has 120 valence electrons. The van der Waals surface area contributed by atoms with Crippen LogP contribution in [0.5, 0.6) is 0 Å². The molecule has 1 aliphatic heterocycles. The van der Waals surface area contributed by atoms with Crippen LogP contribution in [0.1, 0.15) is 23.7 Å². The highest BCUT2D eigenvalue weighted by Gasteiger charge is 2.34. The number of hydrogen-bond acceptors (Lipinski definition) is 5. The molecule has 0 radical (unpaired) electrons. The van der Waals surface area contributed by atoms with Crippen molar-refractivity contribution in [3.05, 3.63) is 35.9 Å². The van der Waals surface area contributed by atoms with Crippen LogP contribution in [0.3, 0.4) is 0 Å². The molecule has 0 saturated carbocycles. The van der Waals surface area contributed by atoms with Gasteiger partial charge in [0.1, 0.15) is 0 Å². The van der Waals surface area contributed by atoms with E-state index in [0.717, 1.165) is 0 Å². The van der Waals surface area contributed by atoms with Crippen molar-refractivity contribution in [2.45, 2.75) is 19.4 Å². The van der Waals surface area contributed by atoms with Crippen molar-refractivity contribution in [2.75, 3.05) is 24.7 Å². The molecule has 0 unspecified atom stereocenters. The van der Waals surface area contributed by atoms with Gasteiger partial charge in [0.2, 0.25) is 0 Å². The highest BCUT2D eigenvalue weighted by atomic mass is 32.2. The van der Waals surface area contributed by atoms with Gasteiger partial charge in [0.25, 0.3) is 5.91 Å². The number of carbonyl (C=O) groups excluding carboxylic acids is 2. The lowest BCUT2D eigenvalue weighted by molar-refractivity contribution is -0.136. The van der Waals surface area contributed by atoms with Gasteiger partial charge < -0.3 is 9.64 Å². The predicted molar refractivity (Wildman–Crippen MR) is 81.2 cm³/mol. The van der Waals surface area contributed by atoms with Crippen molar-refractivity contribution in [2.24, 2.45) is 0 Å². The average molecular weight is 325 g/mol. The number of nitrogens with zero attached hydrogens (tertiary/aromatic N) is 1. The Morgan fingerprint density at radius 3 is 2.50 bits per heavy atom. The molecule has 1 aromatic carbocycles. The molecular weight excluding hydrogens is 306 g/mol. The number of amides is 1. The maximum atomic E-state index is 12.2. The molecule has 0 N–H and O–H groups in total. The first-order valence-corrected chi connectivity index (χ1v) is 8.97. The van der Waals surface area contributed by atoms with Gasteiger partial charge in [0.05, 0.1) is 17.1 Å². The minimum atomic E-state index is -3.06. The maximum absolute atomic E-state index is 12.2. The third kappa shape index (κ3) is 4.07. The van der Waals surface area contributed by atoms with Crippen molar-refractivity contribution in [1.82, 2.24) is 4.90 Å². The van der Waals surface area contributed by atoms with Crippen molar-refractivity contribution < 1.29 is 22.7 Å². The number of sulfone groups is 1. The lowest BCUT2D eigenvalue weighted by Crippen LogP contribution is -2.43. The van der Waals surface area contributed by atoms with Crippen molar-refractivity contribution >= 4 is 21.7 Å². The van der Waals surface area contributed by atoms with E-state index in [1.54, 1.807) is 37.3 Å². The molecule has 7 heteroatoms. The summed E-state index contributed by atoms with van der Waals surface area (Å²) in [4.78, 5) is 25.4. The van der Waals surface area contributed by atoms with E-state index < -0.39 is 15.8 Å². The number of rotatable bonds is 5. The summed E-state index contributed by atoms with van der Waals surface area (Å²) in [6.07, 6.45) is 0.439. The predicted octanol–water partition coefficient (Wildman–Crippen LogP) is 0.879. The summed E-state index contributed by atoms with van der Waals surface area (Å²) in [5, 5.41) is 0. The molecule has 0 bridgehead atoms. The largest absolute Gasteiger partial charge is 0.452 e. The minimum Gasteiger partial charge on any atom is -0.452 e. The van der Waals surface area contributed by atoms with Gasteiger partial charge in [-0.2, -0.15) is 0 Å². The fraction of sp³-hybridized carbons (Fsp3) is 0.467. The molecule has 1 aromatic rings. The van der Waals surface area contributed by atoms with E-state index in [2.05, 4.69) is 0 Å². The van der Waals surface area contributed by atoms with E-state index in [0.29, 0.717) is 18.5 Å². The molecule has 0 aliphatic carbocycles. The summed E-state index contributed by atoms with van der Waals surface area (Å²) in [7, 11) is -3.06. The van der Waals surface area contributed by atoms with Gasteiger partial charge in [-0.15, -0.1) is 0 Å². The maximum Gasteiger partial charge on any atom is 0.338 e. The molecule has 1 atom stereocenters. The molecule has 1 amide bonds. The Morgan fingerprint density at radius 1 is 1.27 bits per heavy atom. The van der Waals surface area contributed by atoms with Crippen LogP contribution in [-0.2, 0) is 19.4 Å². The average Bonchev–Trinajstić information content (AvgIpc) is 2.86. The first-order chi connectivity index (χ1) is 10.4. The fourth-order valence-electron chi connectivity index (χ4n) is 2.53. The van der Waals surface area contributed by atoms with Crippen molar-refractivity contribution in [1.29, 1.82) is 0 Å². The first-order valence-electron chi connectivity index (χ1n) is 7.15. The van der Waals surface area contributed by atoms with E-state index in [-0.39, 0.29) is 30.1 Å². The van der Waals surface area contributed by atoms with Gasteiger partial charge in [-0.3, -0.25) is 4.79 Å². The molecule has 1 saturated heterocycles. The Balaban J connectivity index is 1.92. The monoisotopic (exact) mass is 325 g/mol. The zero-order chi connectivity index (χ0) is 16.2. The zero-order valence-corrected chi connectivity index (χ0v) is 13.2. The smallest absolute Gasteiger partial charge is 0.338 e. The second kappa shape index (κ2) is 6.91. The van der Waals surface area contributed by atoms with Crippen LogP contribution < -0.4 is 0 Å². The Labute approximate surface area is 130 Å². The molecule has 2 rings (SSSR count). The SMILES string of the molecule is CCN(C(=O)COC(=O)c1ccccc1)[C@@H]1CCS(=O)(=O)C1. The van der Waals surface area contributed by atoms with Crippen LogP contribution in [0, 0.1) is 0 Å². The Bertz CT molecular complexity index is 641. The van der Waals surface area contributed by atoms with Crippen molar-refractivity contribution in [3.8, 4) is 0 Å². The third-order valence-electron chi connectivity index (χ3n) is 3.65. The second-order valence-electron chi connectivity index (χ2n) is 5.18. The number of likely N-dealkylation sites (N-methyl/N-ethyl adjacent to an activating group) is 1. The Hall–Kier alpha value is -1.89. The van der Waals surface area contributed by atoms with E-state index in [1.165, 1.54) is 4.90 Å². The van der Waals surface area contributed by atoms with Crippen molar-refractivity contribution in [3.63, 3.8) is 0 Å². The normalized spacial score (nSPS) is 19.6.